The van der Waals surface area contributed by atoms with Crippen LogP contribution in [-0.4, -0.2) is 5.91 Å². The van der Waals surface area contributed by atoms with Crippen molar-refractivity contribution in [1.29, 1.82) is 0 Å². The molecule has 2 aromatic rings. The van der Waals surface area contributed by atoms with Crippen molar-refractivity contribution < 1.29 is 18.0 Å². The lowest BCUT2D eigenvalue weighted by atomic mass is 10.0. The molecule has 112 valence electrons. The minimum atomic E-state index is -4.38. The second-order valence-corrected chi connectivity index (χ2v) is 5.26. The maximum absolute atomic E-state index is 12.5. The highest BCUT2D eigenvalue weighted by atomic mass is 35.5. The predicted octanol–water partition coefficient (Wildman–Crippen LogP) is 4.85. The second kappa shape index (κ2) is 5.18. The lowest BCUT2D eigenvalue weighted by Crippen LogP contribution is -2.04. The van der Waals surface area contributed by atoms with E-state index in [1.807, 2.05) is 0 Å². The first-order chi connectivity index (χ1) is 10.3. The Bertz CT molecular complexity index is 779. The highest BCUT2D eigenvalue weighted by Crippen LogP contribution is 2.35. The van der Waals surface area contributed by atoms with Crippen molar-refractivity contribution >= 4 is 34.8 Å². The van der Waals surface area contributed by atoms with Gasteiger partial charge in [0.15, 0.2) is 0 Å². The maximum Gasteiger partial charge on any atom is 0.416 e. The van der Waals surface area contributed by atoms with Gasteiger partial charge in [0.2, 0.25) is 0 Å². The van der Waals surface area contributed by atoms with E-state index in [-0.39, 0.29) is 5.91 Å². The topological polar surface area (TPSA) is 29.1 Å². The third kappa shape index (κ3) is 2.72. The SMILES string of the molecule is O=C1Nc2ccc(Cl)cc2C1=Cc1ccc(C(F)(F)F)cc1. The number of hydrogen-bond acceptors (Lipinski definition) is 1. The Morgan fingerprint density at radius 1 is 1.05 bits per heavy atom. The summed E-state index contributed by atoms with van der Waals surface area (Å²) in [5.41, 5.74) is 1.42. The van der Waals surface area contributed by atoms with Gasteiger partial charge < -0.3 is 5.32 Å². The summed E-state index contributed by atoms with van der Waals surface area (Å²) in [6, 6.07) is 9.60. The minimum Gasteiger partial charge on any atom is -0.321 e. The number of amides is 1. The fraction of sp³-hybridized carbons (Fsp3) is 0.0625. The van der Waals surface area contributed by atoms with Crippen LogP contribution in [0.15, 0.2) is 42.5 Å². The number of benzene rings is 2. The number of nitrogens with one attached hydrogen (secondary N) is 1. The van der Waals surface area contributed by atoms with Crippen LogP contribution in [0.2, 0.25) is 5.02 Å². The van der Waals surface area contributed by atoms with Gasteiger partial charge in [-0.2, -0.15) is 13.2 Å². The fourth-order valence-corrected chi connectivity index (χ4v) is 2.41. The summed E-state index contributed by atoms with van der Waals surface area (Å²) in [6.07, 6.45) is -2.84. The zero-order valence-electron chi connectivity index (χ0n) is 11.0. The van der Waals surface area contributed by atoms with Gasteiger partial charge in [0, 0.05) is 21.8 Å². The van der Waals surface area contributed by atoms with Crippen molar-refractivity contribution in [2.45, 2.75) is 6.18 Å². The average Bonchev–Trinajstić information content (AvgIpc) is 2.75. The standard InChI is InChI=1S/C16H9ClF3NO/c17-11-5-6-14-12(8-11)13(15(22)21-14)7-9-1-3-10(4-2-9)16(18,19)20/h1-8H,(H,21,22). The molecule has 1 aliphatic heterocycles. The van der Waals surface area contributed by atoms with E-state index in [9.17, 15) is 18.0 Å². The molecule has 22 heavy (non-hydrogen) atoms. The molecule has 0 spiro atoms. The summed E-state index contributed by atoms with van der Waals surface area (Å²) in [6.45, 7) is 0. The van der Waals surface area contributed by atoms with Crippen molar-refractivity contribution in [3.63, 3.8) is 0 Å². The monoisotopic (exact) mass is 323 g/mol. The first-order valence-corrected chi connectivity index (χ1v) is 6.72. The van der Waals surface area contributed by atoms with Crippen LogP contribution in [0.5, 0.6) is 0 Å². The van der Waals surface area contributed by atoms with Crippen LogP contribution >= 0.6 is 11.6 Å². The molecule has 1 N–H and O–H groups in total. The molecular formula is C16H9ClF3NO. The van der Waals surface area contributed by atoms with Crippen molar-refractivity contribution in [3.05, 3.63) is 64.2 Å². The number of carbonyl (C=O) groups is 1. The van der Waals surface area contributed by atoms with Crippen LogP contribution in [0.25, 0.3) is 11.6 Å². The summed E-state index contributed by atoms with van der Waals surface area (Å²) in [4.78, 5) is 12.0. The van der Waals surface area contributed by atoms with Gasteiger partial charge in [-0.15, -0.1) is 0 Å². The Labute approximate surface area is 129 Å². The van der Waals surface area contributed by atoms with E-state index in [1.165, 1.54) is 18.2 Å². The average molecular weight is 324 g/mol. The van der Waals surface area contributed by atoms with Gasteiger partial charge in [-0.1, -0.05) is 23.7 Å². The Kier molecular flexibility index (Phi) is 3.45. The van der Waals surface area contributed by atoms with Gasteiger partial charge in [-0.25, -0.2) is 0 Å². The van der Waals surface area contributed by atoms with Crippen molar-refractivity contribution in [1.82, 2.24) is 0 Å². The number of alkyl halides is 3. The van der Waals surface area contributed by atoms with E-state index in [0.29, 0.717) is 27.4 Å². The molecular weight excluding hydrogens is 315 g/mol. The Hall–Kier alpha value is -2.27. The first-order valence-electron chi connectivity index (χ1n) is 6.35. The summed E-state index contributed by atoms with van der Waals surface area (Å²) in [5, 5.41) is 3.16. The number of fused-ring (bicyclic) bond motifs is 1. The van der Waals surface area contributed by atoms with E-state index < -0.39 is 11.7 Å². The Balaban J connectivity index is 1.99. The molecule has 0 saturated carbocycles. The largest absolute Gasteiger partial charge is 0.416 e. The smallest absolute Gasteiger partial charge is 0.321 e. The number of anilines is 1. The molecule has 0 unspecified atom stereocenters. The fourth-order valence-electron chi connectivity index (χ4n) is 2.24. The summed E-state index contributed by atoms with van der Waals surface area (Å²) in [7, 11) is 0. The molecule has 6 heteroatoms. The Morgan fingerprint density at radius 3 is 2.36 bits per heavy atom. The molecule has 2 aromatic carbocycles. The van der Waals surface area contributed by atoms with Crippen LogP contribution in [0.1, 0.15) is 16.7 Å². The molecule has 0 aromatic heterocycles. The van der Waals surface area contributed by atoms with Gasteiger partial charge in [-0.3, -0.25) is 4.79 Å². The van der Waals surface area contributed by atoms with Gasteiger partial charge in [-0.05, 0) is 42.0 Å². The van der Waals surface area contributed by atoms with Crippen LogP contribution in [0.3, 0.4) is 0 Å². The van der Waals surface area contributed by atoms with Gasteiger partial charge in [0.05, 0.1) is 5.56 Å². The molecule has 2 nitrogen and oxygen atoms in total. The maximum atomic E-state index is 12.5. The lowest BCUT2D eigenvalue weighted by Gasteiger charge is -2.06. The first kappa shape index (κ1) is 14.7. The molecule has 0 radical (unpaired) electrons. The summed E-state index contributed by atoms with van der Waals surface area (Å²) >= 11 is 5.92. The molecule has 0 bridgehead atoms. The zero-order valence-corrected chi connectivity index (χ0v) is 11.8. The molecule has 1 heterocycles. The number of rotatable bonds is 1. The van der Waals surface area contributed by atoms with Crippen LogP contribution in [-0.2, 0) is 11.0 Å². The summed E-state index contributed by atoms with van der Waals surface area (Å²) in [5.74, 6) is -0.308. The molecule has 1 amide bonds. The van der Waals surface area contributed by atoms with E-state index in [2.05, 4.69) is 5.32 Å². The van der Waals surface area contributed by atoms with E-state index in [4.69, 9.17) is 11.6 Å². The van der Waals surface area contributed by atoms with Crippen molar-refractivity contribution in [2.75, 3.05) is 5.32 Å². The van der Waals surface area contributed by atoms with Crippen molar-refractivity contribution in [3.8, 4) is 0 Å². The predicted molar refractivity (Wildman–Crippen MR) is 79.4 cm³/mol. The molecule has 0 atom stereocenters. The second-order valence-electron chi connectivity index (χ2n) is 4.82. The minimum absolute atomic E-state index is 0.308. The molecule has 0 saturated heterocycles. The quantitative estimate of drug-likeness (QED) is 0.747. The third-order valence-corrected chi connectivity index (χ3v) is 3.55. The van der Waals surface area contributed by atoms with Gasteiger partial charge in [0.1, 0.15) is 0 Å². The highest BCUT2D eigenvalue weighted by Gasteiger charge is 2.30. The van der Waals surface area contributed by atoms with E-state index in [1.54, 1.807) is 18.2 Å². The number of carbonyl (C=O) groups excluding carboxylic acids is 1. The summed E-state index contributed by atoms with van der Waals surface area (Å²) < 4.78 is 37.6. The lowest BCUT2D eigenvalue weighted by molar-refractivity contribution is -0.137. The zero-order chi connectivity index (χ0) is 15.9. The van der Waals surface area contributed by atoms with Crippen LogP contribution < -0.4 is 5.32 Å². The highest BCUT2D eigenvalue weighted by molar-refractivity contribution is 6.36. The normalized spacial score (nSPS) is 15.8. The van der Waals surface area contributed by atoms with E-state index >= 15 is 0 Å². The van der Waals surface area contributed by atoms with Gasteiger partial charge in [0.25, 0.3) is 5.91 Å². The Morgan fingerprint density at radius 2 is 1.73 bits per heavy atom. The third-order valence-electron chi connectivity index (χ3n) is 3.31. The molecule has 3 rings (SSSR count). The van der Waals surface area contributed by atoms with Crippen molar-refractivity contribution in [2.24, 2.45) is 0 Å². The number of halogens is 4. The number of hydrogen-bond donors (Lipinski definition) is 1. The van der Waals surface area contributed by atoms with Crippen LogP contribution in [0.4, 0.5) is 18.9 Å². The van der Waals surface area contributed by atoms with Crippen LogP contribution in [0, 0.1) is 0 Å². The molecule has 1 aliphatic rings. The van der Waals surface area contributed by atoms with E-state index in [0.717, 1.165) is 12.1 Å². The molecule has 0 aliphatic carbocycles. The van der Waals surface area contributed by atoms with Gasteiger partial charge >= 0.3 is 6.18 Å². The molecule has 0 fully saturated rings.